The van der Waals surface area contributed by atoms with Gasteiger partial charge in [0.25, 0.3) is 0 Å². The molecule has 0 aliphatic rings. The molecule has 0 aliphatic heterocycles. The summed E-state index contributed by atoms with van der Waals surface area (Å²) in [5, 5.41) is 6.16. The van der Waals surface area contributed by atoms with Gasteiger partial charge < -0.3 is 9.88 Å². The van der Waals surface area contributed by atoms with Crippen molar-refractivity contribution < 1.29 is 4.79 Å². The summed E-state index contributed by atoms with van der Waals surface area (Å²) in [7, 11) is 0. The largest absolute Gasteiger partial charge is 0.326 e. The lowest BCUT2D eigenvalue weighted by Crippen LogP contribution is -2.21. The number of nitrogens with zero attached hydrogens (tertiary/aromatic N) is 2. The molecular weight excluding hydrogens is 300 g/mol. The Hall–Kier alpha value is -2.53. The van der Waals surface area contributed by atoms with Gasteiger partial charge in [-0.1, -0.05) is 23.7 Å². The first-order valence-electron chi connectivity index (χ1n) is 6.96. The van der Waals surface area contributed by atoms with E-state index < -0.39 is 0 Å². The molecule has 0 bridgehead atoms. The number of hydrogen-bond acceptors (Lipinski definition) is 2. The summed E-state index contributed by atoms with van der Waals surface area (Å²) in [4.78, 5) is 16.6. The Morgan fingerprint density at radius 2 is 1.86 bits per heavy atom. The Labute approximate surface area is 132 Å². The van der Waals surface area contributed by atoms with Gasteiger partial charge >= 0.3 is 6.03 Å². The predicted octanol–water partition coefficient (Wildman–Crippen LogP) is 4.35. The number of carbonyl (C=O) groups is 1. The van der Waals surface area contributed by atoms with Crippen molar-refractivity contribution in [2.45, 2.75) is 13.5 Å². The minimum atomic E-state index is -0.340. The number of imidazole rings is 1. The van der Waals surface area contributed by atoms with Gasteiger partial charge in [0.15, 0.2) is 0 Å². The van der Waals surface area contributed by atoms with Gasteiger partial charge in [0.2, 0.25) is 5.95 Å². The summed E-state index contributed by atoms with van der Waals surface area (Å²) in [6.07, 6.45) is 0. The molecule has 1 aromatic heterocycles. The Morgan fingerprint density at radius 1 is 1.14 bits per heavy atom. The highest BCUT2D eigenvalue weighted by Crippen LogP contribution is 2.20. The molecule has 0 aliphatic carbocycles. The zero-order chi connectivity index (χ0) is 15.5. The smallest absolute Gasteiger partial charge is 0.310 e. The zero-order valence-electron chi connectivity index (χ0n) is 12.0. The van der Waals surface area contributed by atoms with E-state index in [0.29, 0.717) is 16.7 Å². The number of aromatic nitrogens is 2. The Balaban J connectivity index is 1.80. The van der Waals surface area contributed by atoms with E-state index in [9.17, 15) is 4.79 Å². The number of rotatable bonds is 3. The predicted molar refractivity (Wildman–Crippen MR) is 89.5 cm³/mol. The van der Waals surface area contributed by atoms with Gasteiger partial charge in [-0.2, -0.15) is 0 Å². The molecule has 0 spiro atoms. The van der Waals surface area contributed by atoms with Gasteiger partial charge in [0.05, 0.1) is 11.0 Å². The Morgan fingerprint density at radius 3 is 2.59 bits per heavy atom. The molecule has 0 saturated heterocycles. The normalized spacial score (nSPS) is 10.6. The molecule has 0 unspecified atom stereocenters. The molecule has 5 nitrogen and oxygen atoms in total. The molecule has 0 fully saturated rings. The number of amides is 2. The third kappa shape index (κ3) is 2.89. The van der Waals surface area contributed by atoms with E-state index in [2.05, 4.69) is 15.6 Å². The van der Waals surface area contributed by atoms with E-state index >= 15 is 0 Å². The van der Waals surface area contributed by atoms with Crippen molar-refractivity contribution in [3.05, 3.63) is 53.6 Å². The van der Waals surface area contributed by atoms with Crippen molar-refractivity contribution in [3.8, 4) is 0 Å². The van der Waals surface area contributed by atoms with Crippen LogP contribution in [0.3, 0.4) is 0 Å². The molecule has 3 rings (SSSR count). The number of aryl methyl sites for hydroxylation is 1. The van der Waals surface area contributed by atoms with Crippen molar-refractivity contribution in [1.82, 2.24) is 9.55 Å². The molecule has 0 radical (unpaired) electrons. The van der Waals surface area contributed by atoms with Gasteiger partial charge in [0, 0.05) is 17.3 Å². The van der Waals surface area contributed by atoms with Crippen LogP contribution in [-0.4, -0.2) is 15.6 Å². The van der Waals surface area contributed by atoms with E-state index in [1.165, 1.54) is 0 Å². The van der Waals surface area contributed by atoms with Crippen molar-refractivity contribution in [1.29, 1.82) is 0 Å². The molecule has 112 valence electrons. The molecular formula is C16H15ClN4O. The minimum absolute atomic E-state index is 0.340. The van der Waals surface area contributed by atoms with Crippen LogP contribution >= 0.6 is 11.6 Å². The number of hydrogen-bond donors (Lipinski definition) is 2. The maximum Gasteiger partial charge on any atom is 0.326 e. The number of carbonyl (C=O) groups excluding carboxylic acids is 1. The monoisotopic (exact) mass is 314 g/mol. The number of fused-ring (bicyclic) bond motifs is 1. The maximum absolute atomic E-state index is 12.1. The second kappa shape index (κ2) is 6.07. The number of halogens is 1. The van der Waals surface area contributed by atoms with E-state index in [0.717, 1.165) is 17.6 Å². The molecule has 2 aromatic carbocycles. The van der Waals surface area contributed by atoms with Crippen LogP contribution in [0.4, 0.5) is 16.4 Å². The molecule has 1 heterocycles. The van der Waals surface area contributed by atoms with Crippen LogP contribution in [0.15, 0.2) is 48.5 Å². The molecule has 22 heavy (non-hydrogen) atoms. The lowest BCUT2D eigenvalue weighted by atomic mass is 10.3. The van der Waals surface area contributed by atoms with Gasteiger partial charge in [-0.25, -0.2) is 9.78 Å². The van der Waals surface area contributed by atoms with Gasteiger partial charge in [-0.3, -0.25) is 5.32 Å². The van der Waals surface area contributed by atoms with Crippen molar-refractivity contribution in [2.75, 3.05) is 10.6 Å². The fourth-order valence-electron chi connectivity index (χ4n) is 2.29. The second-order valence-electron chi connectivity index (χ2n) is 4.75. The van der Waals surface area contributed by atoms with E-state index in [1.54, 1.807) is 24.3 Å². The van der Waals surface area contributed by atoms with E-state index in [1.807, 2.05) is 35.8 Å². The van der Waals surface area contributed by atoms with Gasteiger partial charge in [-0.05, 0) is 43.3 Å². The number of nitrogens with one attached hydrogen (secondary N) is 2. The van der Waals surface area contributed by atoms with Crippen LogP contribution in [0.25, 0.3) is 11.0 Å². The summed E-state index contributed by atoms with van der Waals surface area (Å²) < 4.78 is 1.96. The summed E-state index contributed by atoms with van der Waals surface area (Å²) in [6, 6.07) is 14.4. The average Bonchev–Trinajstić information content (AvgIpc) is 2.86. The highest BCUT2D eigenvalue weighted by atomic mass is 35.5. The van der Waals surface area contributed by atoms with Crippen LogP contribution in [0.2, 0.25) is 5.02 Å². The summed E-state index contributed by atoms with van der Waals surface area (Å²) in [6.45, 7) is 2.73. The molecule has 6 heteroatoms. The maximum atomic E-state index is 12.1. The van der Waals surface area contributed by atoms with Gasteiger partial charge in [-0.15, -0.1) is 0 Å². The summed E-state index contributed by atoms with van der Waals surface area (Å²) in [5.41, 5.74) is 2.51. The zero-order valence-corrected chi connectivity index (χ0v) is 12.8. The SMILES string of the molecule is CCn1c(NC(=O)Nc2ccc(Cl)cc2)nc2ccccc21. The van der Waals surface area contributed by atoms with Crippen molar-refractivity contribution >= 4 is 40.3 Å². The first-order chi connectivity index (χ1) is 10.7. The summed E-state index contributed by atoms with van der Waals surface area (Å²) >= 11 is 5.82. The molecule has 3 aromatic rings. The Kier molecular flexibility index (Phi) is 3.98. The minimum Gasteiger partial charge on any atom is -0.310 e. The van der Waals surface area contributed by atoms with E-state index in [4.69, 9.17) is 11.6 Å². The fraction of sp³-hybridized carbons (Fsp3) is 0.125. The summed E-state index contributed by atoms with van der Waals surface area (Å²) in [5.74, 6) is 0.523. The lowest BCUT2D eigenvalue weighted by molar-refractivity contribution is 0.262. The van der Waals surface area contributed by atoms with E-state index in [-0.39, 0.29) is 6.03 Å². The third-order valence-corrected chi connectivity index (χ3v) is 3.55. The quantitative estimate of drug-likeness (QED) is 0.755. The topological polar surface area (TPSA) is 59.0 Å². The second-order valence-corrected chi connectivity index (χ2v) is 5.19. The van der Waals surface area contributed by atoms with Gasteiger partial charge in [0.1, 0.15) is 0 Å². The fourth-order valence-corrected chi connectivity index (χ4v) is 2.41. The highest BCUT2D eigenvalue weighted by molar-refractivity contribution is 6.30. The number of anilines is 2. The molecule has 0 saturated carbocycles. The van der Waals surface area contributed by atoms with Crippen LogP contribution in [-0.2, 0) is 6.54 Å². The van der Waals surface area contributed by atoms with Crippen molar-refractivity contribution in [3.63, 3.8) is 0 Å². The first kappa shape index (κ1) is 14.4. The first-order valence-corrected chi connectivity index (χ1v) is 7.34. The molecule has 2 amide bonds. The van der Waals surface area contributed by atoms with Crippen LogP contribution in [0, 0.1) is 0 Å². The highest BCUT2D eigenvalue weighted by Gasteiger charge is 2.11. The van der Waals surface area contributed by atoms with Crippen molar-refractivity contribution in [2.24, 2.45) is 0 Å². The lowest BCUT2D eigenvalue weighted by Gasteiger charge is -2.09. The van der Waals surface area contributed by atoms with Crippen LogP contribution in [0.1, 0.15) is 6.92 Å². The Bertz CT molecular complexity index is 811. The number of benzene rings is 2. The average molecular weight is 315 g/mol. The van der Waals surface area contributed by atoms with Crippen LogP contribution in [0.5, 0.6) is 0 Å². The number of urea groups is 1. The standard InChI is InChI=1S/C16H15ClN4O/c1-2-21-14-6-4-3-5-13(14)19-15(21)20-16(22)18-12-9-7-11(17)8-10-12/h3-10H,2H2,1H3,(H2,18,19,20,22). The number of para-hydroxylation sites is 2. The van der Waals surface area contributed by atoms with Crippen LogP contribution < -0.4 is 10.6 Å². The molecule has 0 atom stereocenters. The third-order valence-electron chi connectivity index (χ3n) is 3.30. The molecule has 2 N–H and O–H groups in total.